The predicted molar refractivity (Wildman–Crippen MR) is 126 cm³/mol. The molecule has 2 aromatic carbocycles. The molecule has 4 aromatic rings. The van der Waals surface area contributed by atoms with E-state index in [9.17, 15) is 9.90 Å². The van der Waals surface area contributed by atoms with Crippen molar-refractivity contribution in [1.82, 2.24) is 10.3 Å². The summed E-state index contributed by atoms with van der Waals surface area (Å²) in [5, 5.41) is 19.3. The highest BCUT2D eigenvalue weighted by molar-refractivity contribution is 7.13. The largest absolute Gasteiger partial charge is 0.506 e. The zero-order chi connectivity index (χ0) is 21.2. The monoisotopic (exact) mass is 430 g/mol. The molecule has 1 aliphatic heterocycles. The van der Waals surface area contributed by atoms with Gasteiger partial charge in [-0.15, -0.1) is 11.3 Å². The van der Waals surface area contributed by atoms with Crippen LogP contribution in [0.25, 0.3) is 21.3 Å². The molecule has 2 aromatic heterocycles. The normalized spacial score (nSPS) is 14.0. The van der Waals surface area contributed by atoms with E-state index >= 15 is 0 Å². The summed E-state index contributed by atoms with van der Waals surface area (Å²) in [6.07, 6.45) is 0. The number of nitrogens with one attached hydrogen (secondary N) is 2. The van der Waals surface area contributed by atoms with Crippen LogP contribution in [0.4, 0.5) is 11.5 Å². The van der Waals surface area contributed by atoms with Gasteiger partial charge in [0, 0.05) is 42.0 Å². The predicted octanol–water partition coefficient (Wildman–Crippen LogP) is 4.33. The lowest BCUT2D eigenvalue weighted by Gasteiger charge is -2.28. The van der Waals surface area contributed by atoms with E-state index < -0.39 is 0 Å². The minimum Gasteiger partial charge on any atom is -0.506 e. The number of rotatable bonds is 4. The first-order valence-corrected chi connectivity index (χ1v) is 11.1. The summed E-state index contributed by atoms with van der Waals surface area (Å²) < 4.78 is 0. The molecule has 6 nitrogen and oxygen atoms in total. The molecule has 0 radical (unpaired) electrons. The van der Waals surface area contributed by atoms with Crippen molar-refractivity contribution in [1.29, 1.82) is 0 Å². The minimum absolute atomic E-state index is 0.0387. The quantitative estimate of drug-likeness (QED) is 0.420. The Hall–Kier alpha value is -3.42. The highest BCUT2D eigenvalue weighted by atomic mass is 32.1. The fourth-order valence-corrected chi connectivity index (χ4v) is 4.48. The summed E-state index contributed by atoms with van der Waals surface area (Å²) in [5.74, 6) is 0.727. The number of aromatic nitrogens is 1. The van der Waals surface area contributed by atoms with Crippen LogP contribution in [0, 0.1) is 0 Å². The number of phenolic OH excluding ortho intramolecular Hbond substituents is 1. The summed E-state index contributed by atoms with van der Waals surface area (Å²) in [7, 11) is 0. The Bertz CT molecular complexity index is 1230. The van der Waals surface area contributed by atoms with E-state index in [0.29, 0.717) is 11.3 Å². The molecule has 7 heteroatoms. The van der Waals surface area contributed by atoms with Crippen molar-refractivity contribution in [2.24, 2.45) is 0 Å². The molecule has 3 heterocycles. The number of anilines is 2. The molecule has 0 unspecified atom stereocenters. The van der Waals surface area contributed by atoms with Gasteiger partial charge in [0.15, 0.2) is 0 Å². The lowest BCUT2D eigenvalue weighted by molar-refractivity contribution is 0.102. The van der Waals surface area contributed by atoms with Gasteiger partial charge in [-0.25, -0.2) is 4.98 Å². The van der Waals surface area contributed by atoms with Crippen molar-refractivity contribution in [2.45, 2.75) is 0 Å². The minimum atomic E-state index is -0.272. The Kier molecular flexibility index (Phi) is 5.28. The first kappa shape index (κ1) is 19.5. The van der Waals surface area contributed by atoms with E-state index in [1.54, 1.807) is 29.5 Å². The molecule has 0 saturated carbocycles. The number of thiophene rings is 1. The molecule has 0 spiro atoms. The van der Waals surface area contributed by atoms with E-state index in [1.165, 1.54) is 0 Å². The van der Waals surface area contributed by atoms with Crippen LogP contribution in [0.1, 0.15) is 10.4 Å². The number of nitrogens with zero attached hydrogens (tertiary/aromatic N) is 2. The third kappa shape index (κ3) is 4.10. The van der Waals surface area contributed by atoms with Crippen molar-refractivity contribution in [3.8, 4) is 16.2 Å². The number of piperazine rings is 1. The summed E-state index contributed by atoms with van der Waals surface area (Å²) >= 11 is 1.61. The van der Waals surface area contributed by atoms with E-state index in [2.05, 4.69) is 15.5 Å². The highest BCUT2D eigenvalue weighted by Crippen LogP contribution is 2.32. The van der Waals surface area contributed by atoms with Gasteiger partial charge in [0.2, 0.25) is 0 Å². The van der Waals surface area contributed by atoms with Crippen molar-refractivity contribution in [3.63, 3.8) is 0 Å². The van der Waals surface area contributed by atoms with Gasteiger partial charge in [0.25, 0.3) is 5.91 Å². The van der Waals surface area contributed by atoms with Gasteiger partial charge in [0.1, 0.15) is 11.6 Å². The van der Waals surface area contributed by atoms with Gasteiger partial charge in [-0.1, -0.05) is 6.07 Å². The number of amides is 1. The Morgan fingerprint density at radius 1 is 1.06 bits per heavy atom. The number of phenols is 1. The van der Waals surface area contributed by atoms with E-state index in [1.807, 2.05) is 47.8 Å². The molecule has 31 heavy (non-hydrogen) atoms. The standard InChI is InChI=1S/C24H22N4O2S/c29-21-7-4-17(22-2-1-13-31-22)15-20(21)27-24(30)18-3-6-19-16(14-18)5-8-23(26-19)28-11-9-25-10-12-28/h1-8,13-15,25,29H,9-12H2,(H,27,30). The fraction of sp³-hybridized carbons (Fsp3) is 0.167. The Morgan fingerprint density at radius 3 is 2.74 bits per heavy atom. The third-order valence-corrected chi connectivity index (χ3v) is 6.35. The second-order valence-electron chi connectivity index (χ2n) is 7.48. The molecule has 1 amide bonds. The zero-order valence-corrected chi connectivity index (χ0v) is 17.7. The average molecular weight is 431 g/mol. The van der Waals surface area contributed by atoms with Crippen LogP contribution in [0.3, 0.4) is 0 Å². The number of aromatic hydroxyl groups is 1. The zero-order valence-electron chi connectivity index (χ0n) is 16.8. The molecule has 5 rings (SSSR count). The number of pyridine rings is 1. The second kappa shape index (κ2) is 8.37. The lowest BCUT2D eigenvalue weighted by Crippen LogP contribution is -2.43. The van der Waals surface area contributed by atoms with Crippen molar-refractivity contribution >= 4 is 39.7 Å². The second-order valence-corrected chi connectivity index (χ2v) is 8.43. The summed E-state index contributed by atoms with van der Waals surface area (Å²) in [6, 6.07) is 18.7. The van der Waals surface area contributed by atoms with Gasteiger partial charge < -0.3 is 20.6 Å². The molecule has 0 aliphatic carbocycles. The fourth-order valence-electron chi connectivity index (χ4n) is 3.75. The van der Waals surface area contributed by atoms with Crippen LogP contribution in [-0.2, 0) is 0 Å². The number of hydrogen-bond acceptors (Lipinski definition) is 6. The van der Waals surface area contributed by atoms with Gasteiger partial charge in [-0.3, -0.25) is 4.79 Å². The molecule has 0 bridgehead atoms. The Morgan fingerprint density at radius 2 is 1.94 bits per heavy atom. The SMILES string of the molecule is O=C(Nc1cc(-c2cccs2)ccc1O)c1ccc2nc(N3CCNCC3)ccc2c1. The number of hydrogen-bond donors (Lipinski definition) is 3. The van der Waals surface area contributed by atoms with Gasteiger partial charge in [0.05, 0.1) is 11.2 Å². The van der Waals surface area contributed by atoms with Crippen LogP contribution in [0.5, 0.6) is 5.75 Å². The molecule has 0 atom stereocenters. The maximum atomic E-state index is 12.9. The van der Waals surface area contributed by atoms with E-state index in [-0.39, 0.29) is 11.7 Å². The van der Waals surface area contributed by atoms with Crippen LogP contribution in [0.15, 0.2) is 66.0 Å². The number of carbonyl (C=O) groups excluding carboxylic acids is 1. The van der Waals surface area contributed by atoms with Gasteiger partial charge >= 0.3 is 0 Å². The highest BCUT2D eigenvalue weighted by Gasteiger charge is 2.14. The van der Waals surface area contributed by atoms with Crippen LogP contribution in [0.2, 0.25) is 0 Å². The average Bonchev–Trinajstić information content (AvgIpc) is 3.35. The third-order valence-electron chi connectivity index (χ3n) is 5.43. The number of benzene rings is 2. The molecule has 1 aliphatic rings. The Labute approximate surface area is 184 Å². The summed E-state index contributed by atoms with van der Waals surface area (Å²) in [4.78, 5) is 21.0. The number of fused-ring (bicyclic) bond motifs is 1. The molecule has 1 fully saturated rings. The molecule has 156 valence electrons. The van der Waals surface area contributed by atoms with Crippen LogP contribution >= 0.6 is 11.3 Å². The van der Waals surface area contributed by atoms with Crippen molar-refractivity contribution in [2.75, 3.05) is 36.4 Å². The van der Waals surface area contributed by atoms with E-state index in [4.69, 9.17) is 4.98 Å². The van der Waals surface area contributed by atoms with Crippen molar-refractivity contribution in [3.05, 3.63) is 71.6 Å². The number of carbonyl (C=O) groups is 1. The molecule has 1 saturated heterocycles. The van der Waals surface area contributed by atoms with Crippen molar-refractivity contribution < 1.29 is 9.90 Å². The Balaban J connectivity index is 1.38. The first-order chi connectivity index (χ1) is 15.2. The van der Waals surface area contributed by atoms with Gasteiger partial charge in [-0.2, -0.15) is 0 Å². The summed E-state index contributed by atoms with van der Waals surface area (Å²) in [5.41, 5.74) is 2.72. The summed E-state index contributed by atoms with van der Waals surface area (Å²) in [6.45, 7) is 3.79. The molecular weight excluding hydrogens is 408 g/mol. The molecule has 3 N–H and O–H groups in total. The van der Waals surface area contributed by atoms with Crippen LogP contribution in [-0.4, -0.2) is 42.2 Å². The lowest BCUT2D eigenvalue weighted by atomic mass is 10.1. The smallest absolute Gasteiger partial charge is 0.255 e. The topological polar surface area (TPSA) is 77.5 Å². The van der Waals surface area contributed by atoms with E-state index in [0.717, 1.165) is 53.3 Å². The van der Waals surface area contributed by atoms with Crippen LogP contribution < -0.4 is 15.5 Å². The maximum absolute atomic E-state index is 12.9. The first-order valence-electron chi connectivity index (χ1n) is 10.2. The maximum Gasteiger partial charge on any atom is 0.255 e. The van der Waals surface area contributed by atoms with Gasteiger partial charge in [-0.05, 0) is 65.5 Å². The molecular formula is C24H22N4O2S.